The van der Waals surface area contributed by atoms with Crippen LogP contribution in [0.2, 0.25) is 0 Å². The maximum atomic E-state index is 10.9. The number of nitrogens with two attached hydrogens (primary N) is 1. The van der Waals surface area contributed by atoms with Gasteiger partial charge in [-0.25, -0.2) is 0 Å². The van der Waals surface area contributed by atoms with E-state index in [1.165, 1.54) is 11.1 Å². The van der Waals surface area contributed by atoms with E-state index in [4.69, 9.17) is 10.5 Å². The summed E-state index contributed by atoms with van der Waals surface area (Å²) >= 11 is 0. The van der Waals surface area contributed by atoms with Gasteiger partial charge in [-0.2, -0.15) is 5.10 Å². The number of amides is 1. The molecule has 1 fully saturated rings. The van der Waals surface area contributed by atoms with Crippen LogP contribution in [0.1, 0.15) is 22.7 Å². The molecule has 0 radical (unpaired) electrons. The SMILES string of the molecule is Cc1nn(C)cc1CN1C[C@@H](COCC(N)=O)[C@H](c2ccncc2)C1. The number of likely N-dealkylation sites (tertiary alicyclic amines) is 1. The van der Waals surface area contributed by atoms with Crippen LogP contribution in [0, 0.1) is 12.8 Å². The lowest BCUT2D eigenvalue weighted by Crippen LogP contribution is -2.24. The molecule has 25 heavy (non-hydrogen) atoms. The van der Waals surface area contributed by atoms with Crippen LogP contribution >= 0.6 is 0 Å². The van der Waals surface area contributed by atoms with E-state index in [0.29, 0.717) is 18.4 Å². The van der Waals surface area contributed by atoms with Gasteiger partial charge in [-0.3, -0.25) is 19.4 Å². The molecule has 7 nitrogen and oxygen atoms in total. The van der Waals surface area contributed by atoms with Crippen molar-refractivity contribution < 1.29 is 9.53 Å². The highest BCUT2D eigenvalue weighted by molar-refractivity contribution is 5.74. The van der Waals surface area contributed by atoms with E-state index in [9.17, 15) is 4.79 Å². The van der Waals surface area contributed by atoms with Crippen molar-refractivity contribution in [3.63, 3.8) is 0 Å². The molecule has 0 saturated carbocycles. The predicted molar refractivity (Wildman–Crippen MR) is 93.7 cm³/mol. The van der Waals surface area contributed by atoms with E-state index in [2.05, 4.69) is 33.3 Å². The van der Waals surface area contributed by atoms with Gasteiger partial charge in [0.15, 0.2) is 0 Å². The average molecular weight is 343 g/mol. The van der Waals surface area contributed by atoms with Crippen LogP contribution in [0.5, 0.6) is 0 Å². The Morgan fingerprint density at radius 2 is 2.12 bits per heavy atom. The minimum Gasteiger partial charge on any atom is -0.371 e. The van der Waals surface area contributed by atoms with Crippen molar-refractivity contribution in [2.45, 2.75) is 19.4 Å². The molecule has 2 aromatic heterocycles. The number of aromatic nitrogens is 3. The number of aryl methyl sites for hydroxylation is 2. The van der Waals surface area contributed by atoms with Gasteiger partial charge in [-0.1, -0.05) is 0 Å². The number of hydrogen-bond donors (Lipinski definition) is 1. The van der Waals surface area contributed by atoms with Crippen LogP contribution in [0.4, 0.5) is 0 Å². The van der Waals surface area contributed by atoms with Crippen molar-refractivity contribution in [1.29, 1.82) is 0 Å². The van der Waals surface area contributed by atoms with Gasteiger partial charge in [0.25, 0.3) is 0 Å². The molecular weight excluding hydrogens is 318 g/mol. The van der Waals surface area contributed by atoms with Crippen LogP contribution in [-0.2, 0) is 23.1 Å². The molecule has 0 bridgehead atoms. The number of carbonyl (C=O) groups excluding carboxylic acids is 1. The lowest BCUT2D eigenvalue weighted by Gasteiger charge is -2.18. The lowest BCUT2D eigenvalue weighted by molar-refractivity contribution is -0.122. The zero-order valence-electron chi connectivity index (χ0n) is 14.8. The molecule has 2 atom stereocenters. The minimum absolute atomic E-state index is 0.0265. The first-order valence-corrected chi connectivity index (χ1v) is 8.50. The Morgan fingerprint density at radius 3 is 2.76 bits per heavy atom. The summed E-state index contributed by atoms with van der Waals surface area (Å²) in [4.78, 5) is 17.5. The molecule has 0 aliphatic carbocycles. The molecule has 0 spiro atoms. The van der Waals surface area contributed by atoms with E-state index in [0.717, 1.165) is 25.3 Å². The fourth-order valence-electron chi connectivity index (χ4n) is 3.60. The number of nitrogens with zero attached hydrogens (tertiary/aromatic N) is 4. The second kappa shape index (κ2) is 7.76. The van der Waals surface area contributed by atoms with Gasteiger partial charge in [-0.15, -0.1) is 0 Å². The van der Waals surface area contributed by atoms with Crippen molar-refractivity contribution in [1.82, 2.24) is 19.7 Å². The second-order valence-electron chi connectivity index (χ2n) is 6.74. The topological polar surface area (TPSA) is 86.3 Å². The molecule has 0 aromatic carbocycles. The van der Waals surface area contributed by atoms with E-state index in [1.807, 2.05) is 31.0 Å². The lowest BCUT2D eigenvalue weighted by atomic mass is 9.90. The summed E-state index contributed by atoms with van der Waals surface area (Å²) in [6.45, 7) is 5.27. The second-order valence-corrected chi connectivity index (χ2v) is 6.74. The first-order valence-electron chi connectivity index (χ1n) is 8.50. The quantitative estimate of drug-likeness (QED) is 0.805. The number of hydrogen-bond acceptors (Lipinski definition) is 5. The molecule has 0 unspecified atom stereocenters. The summed E-state index contributed by atoms with van der Waals surface area (Å²) < 4.78 is 7.38. The molecule has 1 aliphatic rings. The first kappa shape index (κ1) is 17.6. The average Bonchev–Trinajstić information content (AvgIpc) is 3.11. The van der Waals surface area contributed by atoms with Crippen LogP contribution in [0.15, 0.2) is 30.7 Å². The summed E-state index contributed by atoms with van der Waals surface area (Å²) in [5.74, 6) is 0.243. The standard InChI is InChI=1S/C18H25N5O2/c1-13-15(7-22(2)21-13)8-23-9-16(11-25-12-18(19)24)17(10-23)14-3-5-20-6-4-14/h3-7,16-17H,8-12H2,1-2H3,(H2,19,24)/t16-,17-/m0/s1. The Balaban J connectivity index is 1.70. The Hall–Kier alpha value is -2.25. The van der Waals surface area contributed by atoms with Gasteiger partial charge in [0, 0.05) is 62.7 Å². The molecule has 3 rings (SSSR count). The molecule has 3 heterocycles. The van der Waals surface area contributed by atoms with Gasteiger partial charge in [0.05, 0.1) is 12.3 Å². The number of pyridine rings is 1. The van der Waals surface area contributed by atoms with Crippen LogP contribution < -0.4 is 5.73 Å². The zero-order chi connectivity index (χ0) is 17.8. The zero-order valence-corrected chi connectivity index (χ0v) is 14.8. The van der Waals surface area contributed by atoms with Crippen molar-refractivity contribution in [3.8, 4) is 0 Å². The summed E-state index contributed by atoms with van der Waals surface area (Å²) in [5.41, 5.74) is 8.75. The molecular formula is C18H25N5O2. The van der Waals surface area contributed by atoms with Crippen LogP contribution in [-0.4, -0.2) is 51.9 Å². The molecule has 1 amide bonds. The molecule has 1 aliphatic heterocycles. The Labute approximate surface area is 147 Å². The van der Waals surface area contributed by atoms with Crippen molar-refractivity contribution in [3.05, 3.63) is 47.5 Å². The summed E-state index contributed by atoms with van der Waals surface area (Å²) in [6, 6.07) is 4.12. The third kappa shape index (κ3) is 4.43. The molecule has 134 valence electrons. The molecule has 2 N–H and O–H groups in total. The fraction of sp³-hybridized carbons (Fsp3) is 0.500. The number of primary amides is 1. The van der Waals surface area contributed by atoms with Crippen LogP contribution in [0.25, 0.3) is 0 Å². The number of carbonyl (C=O) groups is 1. The number of ether oxygens (including phenoxy) is 1. The van der Waals surface area contributed by atoms with E-state index in [-0.39, 0.29) is 6.61 Å². The highest BCUT2D eigenvalue weighted by Gasteiger charge is 2.34. The highest BCUT2D eigenvalue weighted by Crippen LogP contribution is 2.33. The van der Waals surface area contributed by atoms with Crippen molar-refractivity contribution >= 4 is 5.91 Å². The first-order chi connectivity index (χ1) is 12.0. The predicted octanol–water partition coefficient (Wildman–Crippen LogP) is 0.841. The summed E-state index contributed by atoms with van der Waals surface area (Å²) in [7, 11) is 1.95. The smallest absolute Gasteiger partial charge is 0.243 e. The minimum atomic E-state index is -0.429. The van der Waals surface area contributed by atoms with Crippen molar-refractivity contribution in [2.75, 3.05) is 26.3 Å². The summed E-state index contributed by atoms with van der Waals surface area (Å²) in [6.07, 6.45) is 5.73. The highest BCUT2D eigenvalue weighted by atomic mass is 16.5. The Kier molecular flexibility index (Phi) is 5.45. The maximum Gasteiger partial charge on any atom is 0.243 e. The Bertz CT molecular complexity index is 716. The van der Waals surface area contributed by atoms with E-state index >= 15 is 0 Å². The summed E-state index contributed by atoms with van der Waals surface area (Å²) in [5, 5.41) is 4.42. The van der Waals surface area contributed by atoms with Gasteiger partial charge in [-0.05, 0) is 24.6 Å². The van der Waals surface area contributed by atoms with Gasteiger partial charge >= 0.3 is 0 Å². The molecule has 2 aromatic rings. The molecule has 1 saturated heterocycles. The third-order valence-corrected chi connectivity index (χ3v) is 4.74. The van der Waals surface area contributed by atoms with Gasteiger partial charge in [0.1, 0.15) is 6.61 Å². The van der Waals surface area contributed by atoms with E-state index < -0.39 is 5.91 Å². The third-order valence-electron chi connectivity index (χ3n) is 4.74. The maximum absolute atomic E-state index is 10.9. The van der Waals surface area contributed by atoms with Crippen LogP contribution in [0.3, 0.4) is 0 Å². The van der Waals surface area contributed by atoms with Gasteiger partial charge in [0.2, 0.25) is 5.91 Å². The normalized spacial score (nSPS) is 20.9. The monoisotopic (exact) mass is 343 g/mol. The fourth-order valence-corrected chi connectivity index (χ4v) is 3.60. The number of rotatable bonds is 7. The largest absolute Gasteiger partial charge is 0.371 e. The molecule has 7 heteroatoms. The van der Waals surface area contributed by atoms with E-state index in [1.54, 1.807) is 0 Å². The van der Waals surface area contributed by atoms with Crippen molar-refractivity contribution in [2.24, 2.45) is 18.7 Å². The Morgan fingerprint density at radius 1 is 1.36 bits per heavy atom. The van der Waals surface area contributed by atoms with Gasteiger partial charge < -0.3 is 10.5 Å².